The van der Waals surface area contributed by atoms with Gasteiger partial charge in [-0.15, -0.1) is 0 Å². The normalized spacial score (nSPS) is 10.1. The largest absolute Gasteiger partial charge is 0.497 e. The van der Waals surface area contributed by atoms with E-state index in [1.54, 1.807) is 32.5 Å². The molecule has 138 valence electrons. The molecule has 6 nitrogen and oxygen atoms in total. The Morgan fingerprint density at radius 1 is 1.00 bits per heavy atom. The van der Waals surface area contributed by atoms with E-state index in [-0.39, 0.29) is 5.91 Å². The number of rotatable bonds is 7. The lowest BCUT2D eigenvalue weighted by atomic mass is 10.2. The van der Waals surface area contributed by atoms with Gasteiger partial charge in [-0.3, -0.25) is 4.79 Å². The molecule has 0 aliphatic rings. The number of anilines is 2. The molecule has 6 heteroatoms. The lowest BCUT2D eigenvalue weighted by Crippen LogP contribution is -2.24. The molecular formula is C21H21N3O3. The van der Waals surface area contributed by atoms with Crippen LogP contribution in [0.5, 0.6) is 11.5 Å². The molecule has 0 aliphatic heterocycles. The van der Waals surface area contributed by atoms with Gasteiger partial charge in [-0.1, -0.05) is 24.3 Å². The number of carbonyl (C=O) groups is 1. The van der Waals surface area contributed by atoms with E-state index < -0.39 is 0 Å². The summed E-state index contributed by atoms with van der Waals surface area (Å²) in [6.45, 7) is 0.388. The number of nitrogens with one attached hydrogen (secondary N) is 2. The summed E-state index contributed by atoms with van der Waals surface area (Å²) in [5.41, 5.74) is 2.14. The maximum absolute atomic E-state index is 12.7. The van der Waals surface area contributed by atoms with Gasteiger partial charge in [0, 0.05) is 12.7 Å². The first-order valence-corrected chi connectivity index (χ1v) is 8.47. The number of methoxy groups -OCH3 is 2. The molecule has 3 rings (SSSR count). The molecule has 2 N–H and O–H groups in total. The van der Waals surface area contributed by atoms with E-state index in [9.17, 15) is 4.79 Å². The summed E-state index contributed by atoms with van der Waals surface area (Å²) >= 11 is 0. The van der Waals surface area contributed by atoms with Crippen LogP contribution in [-0.4, -0.2) is 25.1 Å². The number of para-hydroxylation sites is 2. The predicted molar refractivity (Wildman–Crippen MR) is 105 cm³/mol. The summed E-state index contributed by atoms with van der Waals surface area (Å²) in [6.07, 6.45) is 1.64. The average molecular weight is 363 g/mol. The summed E-state index contributed by atoms with van der Waals surface area (Å²) in [4.78, 5) is 17.0. The van der Waals surface area contributed by atoms with Gasteiger partial charge in [-0.05, 0) is 42.0 Å². The smallest absolute Gasteiger partial charge is 0.255 e. The van der Waals surface area contributed by atoms with Crippen LogP contribution in [0.25, 0.3) is 0 Å². The van der Waals surface area contributed by atoms with Crippen molar-refractivity contribution in [2.24, 2.45) is 0 Å². The van der Waals surface area contributed by atoms with Crippen LogP contribution in [0.15, 0.2) is 66.9 Å². The van der Waals surface area contributed by atoms with Gasteiger partial charge >= 0.3 is 0 Å². The van der Waals surface area contributed by atoms with Crippen molar-refractivity contribution < 1.29 is 14.3 Å². The second-order valence-electron chi connectivity index (χ2n) is 5.76. The summed E-state index contributed by atoms with van der Waals surface area (Å²) in [7, 11) is 3.21. The fourth-order valence-corrected chi connectivity index (χ4v) is 2.62. The van der Waals surface area contributed by atoms with Crippen LogP contribution in [0, 0.1) is 0 Å². The Morgan fingerprint density at radius 3 is 2.67 bits per heavy atom. The lowest BCUT2D eigenvalue weighted by Gasteiger charge is -2.13. The van der Waals surface area contributed by atoms with Crippen molar-refractivity contribution in [3.63, 3.8) is 0 Å². The van der Waals surface area contributed by atoms with E-state index in [2.05, 4.69) is 15.6 Å². The first-order valence-electron chi connectivity index (χ1n) is 8.47. The summed E-state index contributed by atoms with van der Waals surface area (Å²) < 4.78 is 10.6. The molecule has 0 bridgehead atoms. The van der Waals surface area contributed by atoms with Crippen molar-refractivity contribution in [3.8, 4) is 11.5 Å². The maximum Gasteiger partial charge on any atom is 0.255 e. The van der Waals surface area contributed by atoms with Gasteiger partial charge in [0.2, 0.25) is 0 Å². The van der Waals surface area contributed by atoms with Crippen molar-refractivity contribution in [3.05, 3.63) is 78.0 Å². The number of benzene rings is 2. The minimum Gasteiger partial charge on any atom is -0.497 e. The first-order chi connectivity index (χ1) is 13.2. The number of hydrogen-bond donors (Lipinski definition) is 2. The number of aromatic nitrogens is 1. The minimum atomic E-state index is -0.219. The molecule has 2 aromatic carbocycles. The van der Waals surface area contributed by atoms with E-state index >= 15 is 0 Å². The molecule has 1 aromatic heterocycles. The molecule has 1 heterocycles. The Hall–Kier alpha value is -3.54. The van der Waals surface area contributed by atoms with Gasteiger partial charge in [0.1, 0.15) is 17.3 Å². The van der Waals surface area contributed by atoms with E-state index in [0.717, 1.165) is 17.0 Å². The van der Waals surface area contributed by atoms with Crippen molar-refractivity contribution >= 4 is 17.4 Å². The highest BCUT2D eigenvalue weighted by Gasteiger charge is 2.13. The second kappa shape index (κ2) is 8.71. The third-order valence-electron chi connectivity index (χ3n) is 4.00. The van der Waals surface area contributed by atoms with Crippen LogP contribution >= 0.6 is 0 Å². The van der Waals surface area contributed by atoms with Gasteiger partial charge in [-0.25, -0.2) is 4.98 Å². The van der Waals surface area contributed by atoms with Gasteiger partial charge < -0.3 is 20.1 Å². The maximum atomic E-state index is 12.7. The van der Waals surface area contributed by atoms with Crippen molar-refractivity contribution in [2.45, 2.75) is 6.54 Å². The Labute approximate surface area is 158 Å². The fourth-order valence-electron chi connectivity index (χ4n) is 2.62. The molecule has 0 saturated carbocycles. The SMILES string of the molecule is COc1cccc(CNC(=O)c2cccnc2Nc2ccccc2OC)c1. The van der Waals surface area contributed by atoms with E-state index in [1.165, 1.54) is 0 Å². The standard InChI is InChI=1S/C21H21N3O3/c1-26-16-8-5-7-15(13-16)14-23-21(25)17-9-6-12-22-20(17)24-18-10-3-4-11-19(18)27-2/h3-13H,14H2,1-2H3,(H,22,24)(H,23,25). The van der Waals surface area contributed by atoms with E-state index in [4.69, 9.17) is 9.47 Å². The Balaban J connectivity index is 1.75. The summed E-state index contributed by atoms with van der Waals surface area (Å²) in [5, 5.41) is 6.09. The molecule has 0 atom stereocenters. The zero-order chi connectivity index (χ0) is 19.1. The third kappa shape index (κ3) is 4.55. The lowest BCUT2D eigenvalue weighted by molar-refractivity contribution is 0.0951. The molecule has 0 unspecified atom stereocenters. The van der Waals surface area contributed by atoms with Crippen LogP contribution in [0.3, 0.4) is 0 Å². The van der Waals surface area contributed by atoms with Crippen molar-refractivity contribution in [1.29, 1.82) is 0 Å². The van der Waals surface area contributed by atoms with Crippen LogP contribution in [0.2, 0.25) is 0 Å². The molecule has 0 saturated heterocycles. The number of amides is 1. The van der Waals surface area contributed by atoms with E-state index in [1.807, 2.05) is 48.5 Å². The molecular weight excluding hydrogens is 342 g/mol. The number of hydrogen-bond acceptors (Lipinski definition) is 5. The monoisotopic (exact) mass is 363 g/mol. The molecule has 1 amide bonds. The molecule has 0 radical (unpaired) electrons. The zero-order valence-electron chi connectivity index (χ0n) is 15.2. The topological polar surface area (TPSA) is 72.5 Å². The Kier molecular flexibility index (Phi) is 5.89. The molecule has 0 fully saturated rings. The highest BCUT2D eigenvalue weighted by atomic mass is 16.5. The Bertz CT molecular complexity index is 928. The van der Waals surface area contributed by atoms with Crippen LogP contribution in [-0.2, 0) is 6.54 Å². The van der Waals surface area contributed by atoms with Gasteiger partial charge in [0.05, 0.1) is 25.5 Å². The number of ether oxygens (including phenoxy) is 2. The number of pyridine rings is 1. The third-order valence-corrected chi connectivity index (χ3v) is 4.00. The zero-order valence-corrected chi connectivity index (χ0v) is 15.2. The number of nitrogens with zero attached hydrogens (tertiary/aromatic N) is 1. The fraction of sp³-hybridized carbons (Fsp3) is 0.143. The van der Waals surface area contributed by atoms with Crippen molar-refractivity contribution in [2.75, 3.05) is 19.5 Å². The highest BCUT2D eigenvalue weighted by molar-refractivity contribution is 5.99. The van der Waals surface area contributed by atoms with Crippen LogP contribution < -0.4 is 20.1 Å². The van der Waals surface area contributed by atoms with Gasteiger partial charge in [0.15, 0.2) is 0 Å². The quantitative estimate of drug-likeness (QED) is 0.668. The van der Waals surface area contributed by atoms with Crippen LogP contribution in [0.4, 0.5) is 11.5 Å². The van der Waals surface area contributed by atoms with Crippen molar-refractivity contribution in [1.82, 2.24) is 10.3 Å². The molecule has 0 aliphatic carbocycles. The Morgan fingerprint density at radius 2 is 1.85 bits per heavy atom. The summed E-state index contributed by atoms with van der Waals surface area (Å²) in [6, 6.07) is 18.5. The average Bonchev–Trinajstić information content (AvgIpc) is 2.73. The highest BCUT2D eigenvalue weighted by Crippen LogP contribution is 2.27. The van der Waals surface area contributed by atoms with Gasteiger partial charge in [0.25, 0.3) is 5.91 Å². The molecule has 0 spiro atoms. The summed E-state index contributed by atoms with van der Waals surface area (Å²) in [5.74, 6) is 1.67. The van der Waals surface area contributed by atoms with E-state index in [0.29, 0.717) is 23.7 Å². The predicted octanol–water partition coefficient (Wildman–Crippen LogP) is 3.77. The number of carbonyl (C=O) groups excluding carboxylic acids is 1. The molecule has 27 heavy (non-hydrogen) atoms. The van der Waals surface area contributed by atoms with Gasteiger partial charge in [-0.2, -0.15) is 0 Å². The van der Waals surface area contributed by atoms with Crippen LogP contribution in [0.1, 0.15) is 15.9 Å². The molecule has 3 aromatic rings. The minimum absolute atomic E-state index is 0.219. The first kappa shape index (κ1) is 18.3. The second-order valence-corrected chi connectivity index (χ2v) is 5.76.